The number of hydrogen-bond acceptors (Lipinski definition) is 4. The maximum atomic E-state index is 10.9. The first-order chi connectivity index (χ1) is 10.5. The molecule has 0 aromatic heterocycles. The van der Waals surface area contributed by atoms with Crippen LogP contribution in [-0.2, 0) is 9.59 Å². The fourth-order valence-electron chi connectivity index (χ4n) is 2.44. The third-order valence-electron chi connectivity index (χ3n) is 3.56. The van der Waals surface area contributed by atoms with Crippen LogP contribution in [0.15, 0.2) is 23.8 Å². The third-order valence-corrected chi connectivity index (χ3v) is 3.56. The van der Waals surface area contributed by atoms with Crippen LogP contribution in [0, 0.1) is 0 Å². The molecule has 0 amide bonds. The van der Waals surface area contributed by atoms with E-state index in [1.165, 1.54) is 7.11 Å². The third kappa shape index (κ3) is 3.78. The summed E-state index contributed by atoms with van der Waals surface area (Å²) in [5, 5.41) is 17.8. The number of rotatable bonds is 6. The Balaban J connectivity index is 2.31. The van der Waals surface area contributed by atoms with Gasteiger partial charge in [-0.15, -0.1) is 0 Å². The highest BCUT2D eigenvalue weighted by molar-refractivity contribution is 6.16. The van der Waals surface area contributed by atoms with Crippen LogP contribution >= 0.6 is 0 Å². The van der Waals surface area contributed by atoms with Gasteiger partial charge in [-0.2, -0.15) is 0 Å². The molecule has 0 radical (unpaired) electrons. The molecular formula is C16H18O6. The number of carbonyl (C=O) groups is 2. The normalized spacial score (nSPS) is 14.4. The van der Waals surface area contributed by atoms with Gasteiger partial charge in [0.15, 0.2) is 11.5 Å². The lowest BCUT2D eigenvalue weighted by molar-refractivity contribution is -0.140. The van der Waals surface area contributed by atoms with Gasteiger partial charge in [-0.25, -0.2) is 9.59 Å². The molecule has 0 heterocycles. The number of carboxylic acids is 2. The molecule has 2 rings (SSSR count). The Bertz CT molecular complexity index is 583. The fraction of sp³-hybridized carbons (Fsp3) is 0.375. The van der Waals surface area contributed by atoms with E-state index < -0.39 is 17.5 Å². The Labute approximate surface area is 128 Å². The van der Waals surface area contributed by atoms with Crippen LogP contribution < -0.4 is 9.47 Å². The van der Waals surface area contributed by atoms with Crippen molar-refractivity contribution >= 4 is 18.0 Å². The van der Waals surface area contributed by atoms with Crippen molar-refractivity contribution < 1.29 is 29.3 Å². The number of carboxylic acid groups (broad SMARTS) is 2. The summed E-state index contributed by atoms with van der Waals surface area (Å²) in [5.74, 6) is -1.93. The summed E-state index contributed by atoms with van der Waals surface area (Å²) in [7, 11) is 1.52. The zero-order valence-electron chi connectivity index (χ0n) is 12.2. The SMILES string of the molecule is COc1ccc(C=C(C(=O)O)C(=O)O)cc1OC1CCCC1. The summed E-state index contributed by atoms with van der Waals surface area (Å²) in [6.07, 6.45) is 5.40. The molecule has 0 aliphatic heterocycles. The molecule has 118 valence electrons. The number of aliphatic carboxylic acids is 2. The molecule has 2 N–H and O–H groups in total. The van der Waals surface area contributed by atoms with Gasteiger partial charge in [0.25, 0.3) is 0 Å². The molecule has 1 aliphatic carbocycles. The van der Waals surface area contributed by atoms with E-state index >= 15 is 0 Å². The number of benzene rings is 1. The van der Waals surface area contributed by atoms with E-state index in [4.69, 9.17) is 19.7 Å². The van der Waals surface area contributed by atoms with Gasteiger partial charge in [0, 0.05) is 0 Å². The molecule has 0 spiro atoms. The minimum absolute atomic E-state index is 0.117. The lowest BCUT2D eigenvalue weighted by Crippen LogP contribution is -2.12. The monoisotopic (exact) mass is 306 g/mol. The smallest absolute Gasteiger partial charge is 0.343 e. The first-order valence-electron chi connectivity index (χ1n) is 7.04. The molecule has 0 unspecified atom stereocenters. The molecule has 1 fully saturated rings. The second kappa shape index (κ2) is 6.98. The Morgan fingerprint density at radius 2 is 1.77 bits per heavy atom. The van der Waals surface area contributed by atoms with Crippen LogP contribution in [0.4, 0.5) is 0 Å². The van der Waals surface area contributed by atoms with E-state index in [1.54, 1.807) is 18.2 Å². The maximum absolute atomic E-state index is 10.9. The highest BCUT2D eigenvalue weighted by Crippen LogP contribution is 2.33. The molecule has 0 bridgehead atoms. The number of ether oxygens (including phenoxy) is 2. The minimum atomic E-state index is -1.48. The summed E-state index contributed by atoms with van der Waals surface area (Å²) in [6.45, 7) is 0. The number of hydrogen-bond donors (Lipinski definition) is 2. The van der Waals surface area contributed by atoms with Gasteiger partial charge >= 0.3 is 11.9 Å². The Morgan fingerprint density at radius 3 is 2.32 bits per heavy atom. The van der Waals surface area contributed by atoms with E-state index in [0.29, 0.717) is 17.1 Å². The molecule has 22 heavy (non-hydrogen) atoms. The minimum Gasteiger partial charge on any atom is -0.493 e. The van der Waals surface area contributed by atoms with Gasteiger partial charge in [-0.05, 0) is 49.5 Å². The van der Waals surface area contributed by atoms with Crippen molar-refractivity contribution in [1.82, 2.24) is 0 Å². The van der Waals surface area contributed by atoms with Crippen molar-refractivity contribution in [2.75, 3.05) is 7.11 Å². The van der Waals surface area contributed by atoms with Crippen molar-refractivity contribution in [3.63, 3.8) is 0 Å². The van der Waals surface area contributed by atoms with E-state index in [2.05, 4.69) is 0 Å². The van der Waals surface area contributed by atoms with Gasteiger partial charge in [0.1, 0.15) is 5.57 Å². The topological polar surface area (TPSA) is 93.1 Å². The van der Waals surface area contributed by atoms with Crippen LogP contribution in [0.3, 0.4) is 0 Å². The summed E-state index contributed by atoms with van der Waals surface area (Å²) < 4.78 is 11.1. The quantitative estimate of drug-likeness (QED) is 0.476. The van der Waals surface area contributed by atoms with Gasteiger partial charge in [-0.3, -0.25) is 0 Å². The van der Waals surface area contributed by atoms with Crippen LogP contribution in [0.1, 0.15) is 31.2 Å². The first-order valence-corrected chi connectivity index (χ1v) is 7.04. The van der Waals surface area contributed by atoms with E-state index in [1.807, 2.05) is 0 Å². The molecule has 1 aliphatic rings. The van der Waals surface area contributed by atoms with Crippen molar-refractivity contribution in [3.8, 4) is 11.5 Å². The average Bonchev–Trinajstić information content (AvgIpc) is 2.97. The van der Waals surface area contributed by atoms with E-state index in [0.717, 1.165) is 31.8 Å². The van der Waals surface area contributed by atoms with Crippen LogP contribution in [-0.4, -0.2) is 35.4 Å². The molecule has 0 saturated heterocycles. The highest BCUT2D eigenvalue weighted by atomic mass is 16.5. The number of methoxy groups -OCH3 is 1. The molecule has 6 heteroatoms. The van der Waals surface area contributed by atoms with Crippen molar-refractivity contribution in [1.29, 1.82) is 0 Å². The second-order valence-corrected chi connectivity index (χ2v) is 5.10. The van der Waals surface area contributed by atoms with Crippen LogP contribution in [0.2, 0.25) is 0 Å². The average molecular weight is 306 g/mol. The van der Waals surface area contributed by atoms with Crippen LogP contribution in [0.25, 0.3) is 6.08 Å². The standard InChI is InChI=1S/C16H18O6/c1-21-13-7-6-10(8-12(15(17)18)16(19)20)9-14(13)22-11-4-2-3-5-11/h6-9,11H,2-5H2,1H3,(H,17,18)(H,19,20). The summed E-state index contributed by atoms with van der Waals surface area (Å²) >= 11 is 0. The largest absolute Gasteiger partial charge is 0.493 e. The van der Waals surface area contributed by atoms with Crippen molar-refractivity contribution in [3.05, 3.63) is 29.3 Å². The zero-order chi connectivity index (χ0) is 16.1. The van der Waals surface area contributed by atoms with Gasteiger partial charge < -0.3 is 19.7 Å². The molecular weight excluding hydrogens is 288 g/mol. The Hall–Kier alpha value is -2.50. The second-order valence-electron chi connectivity index (χ2n) is 5.10. The van der Waals surface area contributed by atoms with Gasteiger partial charge in [-0.1, -0.05) is 6.07 Å². The summed E-state index contributed by atoms with van der Waals surface area (Å²) in [6, 6.07) is 4.83. The molecule has 0 atom stereocenters. The molecule has 6 nitrogen and oxygen atoms in total. The summed E-state index contributed by atoms with van der Waals surface area (Å²) in [4.78, 5) is 21.9. The highest BCUT2D eigenvalue weighted by Gasteiger charge is 2.19. The van der Waals surface area contributed by atoms with Crippen molar-refractivity contribution in [2.45, 2.75) is 31.8 Å². The zero-order valence-corrected chi connectivity index (χ0v) is 12.2. The van der Waals surface area contributed by atoms with Crippen LogP contribution in [0.5, 0.6) is 11.5 Å². The Kier molecular flexibility index (Phi) is 5.04. The molecule has 1 aromatic carbocycles. The van der Waals surface area contributed by atoms with E-state index in [-0.39, 0.29) is 6.10 Å². The predicted octanol–water partition coefficient (Wildman–Crippen LogP) is 2.57. The van der Waals surface area contributed by atoms with Crippen molar-refractivity contribution in [2.24, 2.45) is 0 Å². The molecule has 1 aromatic rings. The van der Waals surface area contributed by atoms with Gasteiger partial charge in [0.2, 0.25) is 0 Å². The summed E-state index contributed by atoms with van der Waals surface area (Å²) in [5.41, 5.74) is -0.259. The first kappa shape index (κ1) is 15.9. The maximum Gasteiger partial charge on any atom is 0.343 e. The predicted molar refractivity (Wildman–Crippen MR) is 79.1 cm³/mol. The lowest BCUT2D eigenvalue weighted by atomic mass is 10.1. The van der Waals surface area contributed by atoms with E-state index in [9.17, 15) is 9.59 Å². The lowest BCUT2D eigenvalue weighted by Gasteiger charge is -2.16. The molecule has 1 saturated carbocycles. The fourth-order valence-corrected chi connectivity index (χ4v) is 2.44. The van der Waals surface area contributed by atoms with Gasteiger partial charge in [0.05, 0.1) is 13.2 Å². The Morgan fingerprint density at radius 1 is 1.14 bits per heavy atom.